The highest BCUT2D eigenvalue weighted by Crippen LogP contribution is 2.24. The van der Waals surface area contributed by atoms with E-state index in [0.717, 1.165) is 11.8 Å². The van der Waals surface area contributed by atoms with E-state index in [-0.39, 0.29) is 0 Å². The van der Waals surface area contributed by atoms with Crippen LogP contribution in [0.15, 0.2) is 0 Å². The summed E-state index contributed by atoms with van der Waals surface area (Å²) in [6.07, 6.45) is 4.04. The Bertz CT molecular complexity index is 84.9. The Labute approximate surface area is 79.9 Å². The van der Waals surface area contributed by atoms with Gasteiger partial charge in [0.25, 0.3) is 0 Å². The van der Waals surface area contributed by atoms with Crippen LogP contribution in [0.4, 0.5) is 0 Å². The molecule has 0 aromatic carbocycles. The van der Waals surface area contributed by atoms with Crippen molar-refractivity contribution in [2.24, 2.45) is 11.8 Å². The van der Waals surface area contributed by atoms with Gasteiger partial charge in [0.1, 0.15) is 0 Å². The van der Waals surface area contributed by atoms with E-state index in [9.17, 15) is 0 Å². The summed E-state index contributed by atoms with van der Waals surface area (Å²) in [7, 11) is 0. The molecule has 2 atom stereocenters. The highest BCUT2D eigenvalue weighted by Gasteiger charge is 2.13. The van der Waals surface area contributed by atoms with Gasteiger partial charge in [-0.2, -0.15) is 0 Å². The lowest BCUT2D eigenvalue weighted by molar-refractivity contribution is 0.371. The van der Waals surface area contributed by atoms with Gasteiger partial charge in [0.05, 0.1) is 0 Å². The van der Waals surface area contributed by atoms with Gasteiger partial charge in [-0.1, -0.05) is 56.5 Å². The van der Waals surface area contributed by atoms with Crippen LogP contribution in [0.5, 0.6) is 0 Å². The number of halogens is 1. The minimum Gasteiger partial charge on any atom is -0.0891 e. The van der Waals surface area contributed by atoms with Gasteiger partial charge in [0.15, 0.2) is 0 Å². The van der Waals surface area contributed by atoms with Crippen molar-refractivity contribution in [3.63, 3.8) is 0 Å². The molecule has 0 amide bonds. The number of alkyl halides is 1. The molecule has 11 heavy (non-hydrogen) atoms. The Hall–Kier alpha value is 0.480. The van der Waals surface area contributed by atoms with Gasteiger partial charge >= 0.3 is 0 Å². The topological polar surface area (TPSA) is 0 Å². The standard InChI is InChI=1S/C10H21Br/c1-5-10(6-2)7-8(3)9(4)11/h8-10H,5-7H2,1-4H3. The van der Waals surface area contributed by atoms with E-state index in [1.807, 2.05) is 0 Å². The summed E-state index contributed by atoms with van der Waals surface area (Å²) in [4.78, 5) is 0.670. The maximum atomic E-state index is 3.63. The summed E-state index contributed by atoms with van der Waals surface area (Å²) in [5, 5.41) is 0. The molecule has 0 aromatic rings. The van der Waals surface area contributed by atoms with E-state index in [1.54, 1.807) is 0 Å². The van der Waals surface area contributed by atoms with Crippen LogP contribution in [0.25, 0.3) is 0 Å². The van der Waals surface area contributed by atoms with Crippen molar-refractivity contribution >= 4 is 15.9 Å². The lowest BCUT2D eigenvalue weighted by Crippen LogP contribution is -2.11. The predicted molar refractivity (Wildman–Crippen MR) is 56.2 cm³/mol. The highest BCUT2D eigenvalue weighted by molar-refractivity contribution is 9.09. The molecule has 0 nitrogen and oxygen atoms in total. The second-order valence-electron chi connectivity index (χ2n) is 3.57. The van der Waals surface area contributed by atoms with E-state index in [0.29, 0.717) is 4.83 Å². The Balaban J connectivity index is 3.62. The zero-order chi connectivity index (χ0) is 8.85. The van der Waals surface area contributed by atoms with Crippen LogP contribution >= 0.6 is 15.9 Å². The van der Waals surface area contributed by atoms with E-state index in [4.69, 9.17) is 0 Å². The zero-order valence-corrected chi connectivity index (χ0v) is 9.82. The summed E-state index contributed by atoms with van der Waals surface area (Å²) < 4.78 is 0. The molecule has 0 radical (unpaired) electrons. The Morgan fingerprint density at radius 3 is 1.82 bits per heavy atom. The monoisotopic (exact) mass is 220 g/mol. The maximum absolute atomic E-state index is 3.63. The molecule has 0 aliphatic rings. The number of rotatable bonds is 5. The second kappa shape index (κ2) is 6.05. The molecule has 0 fully saturated rings. The first-order valence-electron chi connectivity index (χ1n) is 4.75. The van der Waals surface area contributed by atoms with Crippen molar-refractivity contribution in [3.8, 4) is 0 Å². The van der Waals surface area contributed by atoms with Gasteiger partial charge in [0, 0.05) is 4.83 Å². The number of hydrogen-bond donors (Lipinski definition) is 0. The quantitative estimate of drug-likeness (QED) is 0.609. The summed E-state index contributed by atoms with van der Waals surface area (Å²) in [5.41, 5.74) is 0. The lowest BCUT2D eigenvalue weighted by atomic mass is 9.90. The molecular weight excluding hydrogens is 200 g/mol. The second-order valence-corrected chi connectivity index (χ2v) is 5.02. The molecule has 68 valence electrons. The summed E-state index contributed by atoms with van der Waals surface area (Å²) in [6, 6.07) is 0. The molecular formula is C10H21Br. The largest absolute Gasteiger partial charge is 0.0891 e. The van der Waals surface area contributed by atoms with Crippen molar-refractivity contribution in [1.29, 1.82) is 0 Å². The van der Waals surface area contributed by atoms with Crippen molar-refractivity contribution in [1.82, 2.24) is 0 Å². The highest BCUT2D eigenvalue weighted by atomic mass is 79.9. The van der Waals surface area contributed by atoms with E-state index < -0.39 is 0 Å². The first-order chi connectivity index (χ1) is 5.11. The third-order valence-electron chi connectivity index (χ3n) is 2.64. The molecule has 1 heteroatoms. The Kier molecular flexibility index (Phi) is 6.31. The first-order valence-corrected chi connectivity index (χ1v) is 5.67. The molecule has 0 saturated carbocycles. The first kappa shape index (κ1) is 11.5. The normalized spacial score (nSPS) is 16.9. The van der Waals surface area contributed by atoms with Crippen LogP contribution in [-0.4, -0.2) is 4.83 Å². The average Bonchev–Trinajstić information content (AvgIpc) is 1.99. The van der Waals surface area contributed by atoms with Crippen LogP contribution in [0.1, 0.15) is 47.0 Å². The van der Waals surface area contributed by atoms with Crippen LogP contribution in [-0.2, 0) is 0 Å². The molecule has 2 unspecified atom stereocenters. The van der Waals surface area contributed by atoms with E-state index in [2.05, 4.69) is 43.6 Å². The molecule has 0 N–H and O–H groups in total. The van der Waals surface area contributed by atoms with Crippen molar-refractivity contribution in [3.05, 3.63) is 0 Å². The van der Waals surface area contributed by atoms with Gasteiger partial charge in [-0.3, -0.25) is 0 Å². The Morgan fingerprint density at radius 2 is 1.55 bits per heavy atom. The van der Waals surface area contributed by atoms with E-state index >= 15 is 0 Å². The van der Waals surface area contributed by atoms with Crippen molar-refractivity contribution in [2.75, 3.05) is 0 Å². The zero-order valence-electron chi connectivity index (χ0n) is 8.23. The van der Waals surface area contributed by atoms with Crippen LogP contribution in [0.2, 0.25) is 0 Å². The molecule has 0 spiro atoms. The summed E-state index contributed by atoms with van der Waals surface area (Å²) in [5.74, 6) is 1.75. The van der Waals surface area contributed by atoms with Crippen molar-refractivity contribution in [2.45, 2.75) is 51.8 Å². The van der Waals surface area contributed by atoms with Gasteiger partial charge in [0.2, 0.25) is 0 Å². The van der Waals surface area contributed by atoms with Gasteiger partial charge in [-0.25, -0.2) is 0 Å². The van der Waals surface area contributed by atoms with Gasteiger partial charge in [-0.05, 0) is 18.3 Å². The minimum absolute atomic E-state index is 0.670. The summed E-state index contributed by atoms with van der Waals surface area (Å²) in [6.45, 7) is 9.16. The SMILES string of the molecule is CCC(CC)CC(C)C(C)Br. The predicted octanol–water partition coefficient (Wildman–Crippen LogP) is 4.23. The molecule has 0 heterocycles. The van der Waals surface area contributed by atoms with Crippen LogP contribution in [0, 0.1) is 11.8 Å². The maximum Gasteiger partial charge on any atom is 0.0143 e. The molecule has 0 bridgehead atoms. The Morgan fingerprint density at radius 1 is 1.09 bits per heavy atom. The molecule has 0 aliphatic heterocycles. The van der Waals surface area contributed by atoms with Crippen LogP contribution in [0.3, 0.4) is 0 Å². The molecule has 0 rings (SSSR count). The third kappa shape index (κ3) is 4.84. The van der Waals surface area contributed by atoms with Gasteiger partial charge < -0.3 is 0 Å². The molecule has 0 saturated heterocycles. The lowest BCUT2D eigenvalue weighted by Gasteiger charge is -2.19. The fourth-order valence-electron chi connectivity index (χ4n) is 1.34. The van der Waals surface area contributed by atoms with Crippen LogP contribution < -0.4 is 0 Å². The molecule has 0 aliphatic carbocycles. The van der Waals surface area contributed by atoms with Gasteiger partial charge in [-0.15, -0.1) is 0 Å². The summed E-state index contributed by atoms with van der Waals surface area (Å²) >= 11 is 3.63. The fraction of sp³-hybridized carbons (Fsp3) is 1.00. The van der Waals surface area contributed by atoms with E-state index in [1.165, 1.54) is 19.3 Å². The smallest absolute Gasteiger partial charge is 0.0143 e. The third-order valence-corrected chi connectivity index (χ3v) is 3.55. The average molecular weight is 221 g/mol. The number of hydrogen-bond acceptors (Lipinski definition) is 0. The van der Waals surface area contributed by atoms with Crippen molar-refractivity contribution < 1.29 is 0 Å². The molecule has 0 aromatic heterocycles. The fourth-order valence-corrected chi connectivity index (χ4v) is 1.55. The minimum atomic E-state index is 0.670.